The summed E-state index contributed by atoms with van der Waals surface area (Å²) in [6.45, 7) is 0. The minimum absolute atomic E-state index is 0.283. The highest BCUT2D eigenvalue weighted by Crippen LogP contribution is 2.19. The number of amides is 1. The zero-order valence-electron chi connectivity index (χ0n) is 17.7. The van der Waals surface area contributed by atoms with Gasteiger partial charge in [0.05, 0.1) is 11.3 Å². The van der Waals surface area contributed by atoms with Crippen molar-refractivity contribution in [3.05, 3.63) is 117 Å². The van der Waals surface area contributed by atoms with Crippen LogP contribution in [0.5, 0.6) is 0 Å². The minimum atomic E-state index is -0.312. The molecule has 5 aromatic rings. The van der Waals surface area contributed by atoms with Crippen LogP contribution >= 0.6 is 15.9 Å². The van der Waals surface area contributed by atoms with Crippen molar-refractivity contribution in [1.82, 2.24) is 24.5 Å². The number of hydrogen-bond donors (Lipinski definition) is 1. The molecule has 9 heteroatoms. The van der Waals surface area contributed by atoms with Crippen molar-refractivity contribution < 1.29 is 4.79 Å². The molecule has 0 bridgehead atoms. The second kappa shape index (κ2) is 9.32. The lowest BCUT2D eigenvalue weighted by molar-refractivity contribution is 0.102. The highest BCUT2D eigenvalue weighted by molar-refractivity contribution is 9.10. The van der Waals surface area contributed by atoms with Gasteiger partial charge in [-0.3, -0.25) is 24.1 Å². The Balaban J connectivity index is 1.57. The molecule has 4 aromatic heterocycles. The summed E-state index contributed by atoms with van der Waals surface area (Å²) in [5.41, 5.74) is 3.51. The summed E-state index contributed by atoms with van der Waals surface area (Å²) in [6.07, 6.45) is 8.44. The van der Waals surface area contributed by atoms with Gasteiger partial charge in [0.2, 0.25) is 0 Å². The van der Waals surface area contributed by atoms with E-state index in [1.165, 1.54) is 10.8 Å². The summed E-state index contributed by atoms with van der Waals surface area (Å²) in [4.78, 5) is 43.3. The highest BCUT2D eigenvalue weighted by Gasteiger charge is 2.15. The molecule has 0 saturated heterocycles. The van der Waals surface area contributed by atoms with E-state index in [2.05, 4.69) is 41.2 Å². The maximum Gasteiger partial charge on any atom is 0.278 e. The molecule has 1 aromatic carbocycles. The maximum atomic E-state index is 13.5. The molecule has 0 unspecified atom stereocenters. The van der Waals surface area contributed by atoms with Crippen molar-refractivity contribution in [3.63, 3.8) is 0 Å². The van der Waals surface area contributed by atoms with E-state index in [-0.39, 0.29) is 11.5 Å². The summed E-state index contributed by atoms with van der Waals surface area (Å²) in [5.74, 6) is -0.312. The van der Waals surface area contributed by atoms with Crippen LogP contribution in [0.3, 0.4) is 0 Å². The van der Waals surface area contributed by atoms with Crippen LogP contribution in [0.4, 0.5) is 5.69 Å². The first kappa shape index (κ1) is 21.6. The lowest BCUT2D eigenvalue weighted by Crippen LogP contribution is -2.25. The van der Waals surface area contributed by atoms with Gasteiger partial charge in [-0.1, -0.05) is 12.1 Å². The van der Waals surface area contributed by atoms with Crippen molar-refractivity contribution in [2.45, 2.75) is 6.42 Å². The molecular weight excluding hydrogens is 496 g/mol. The number of rotatable bonds is 5. The number of halogens is 1. The molecule has 0 fully saturated rings. The van der Waals surface area contributed by atoms with E-state index in [9.17, 15) is 9.59 Å². The van der Waals surface area contributed by atoms with E-state index >= 15 is 0 Å². The van der Waals surface area contributed by atoms with Gasteiger partial charge in [-0.2, -0.15) is 0 Å². The number of carbonyl (C=O) groups excluding carboxylic acids is 1. The third-order valence-corrected chi connectivity index (χ3v) is 5.54. The van der Waals surface area contributed by atoms with E-state index in [0.717, 1.165) is 5.56 Å². The Morgan fingerprint density at radius 1 is 0.971 bits per heavy atom. The minimum Gasteiger partial charge on any atom is -0.322 e. The van der Waals surface area contributed by atoms with Crippen LogP contribution in [0.1, 0.15) is 21.6 Å². The predicted octanol–water partition coefficient (Wildman–Crippen LogP) is 4.18. The smallest absolute Gasteiger partial charge is 0.278 e. The Labute approximate surface area is 202 Å². The first-order valence-corrected chi connectivity index (χ1v) is 11.2. The third-order valence-electron chi connectivity index (χ3n) is 5.11. The molecule has 0 radical (unpaired) electrons. The molecular formula is C25H17BrN6O2. The number of fused-ring (bicyclic) bond motifs is 1. The molecule has 34 heavy (non-hydrogen) atoms. The number of nitrogens with one attached hydrogen (secondary N) is 1. The van der Waals surface area contributed by atoms with Gasteiger partial charge in [0, 0.05) is 47.6 Å². The molecule has 0 aliphatic rings. The van der Waals surface area contributed by atoms with Gasteiger partial charge < -0.3 is 5.32 Å². The van der Waals surface area contributed by atoms with Crippen molar-refractivity contribution >= 4 is 38.7 Å². The van der Waals surface area contributed by atoms with Crippen LogP contribution in [0, 0.1) is 0 Å². The van der Waals surface area contributed by atoms with Crippen molar-refractivity contribution in [2.24, 2.45) is 0 Å². The van der Waals surface area contributed by atoms with Crippen LogP contribution in [-0.2, 0) is 6.42 Å². The Bertz CT molecular complexity index is 1570. The van der Waals surface area contributed by atoms with Crippen LogP contribution in [-0.4, -0.2) is 30.4 Å². The molecule has 1 amide bonds. The molecule has 5 rings (SSSR count). The number of anilines is 1. The maximum absolute atomic E-state index is 13.5. The van der Waals surface area contributed by atoms with Crippen molar-refractivity contribution in [2.75, 3.05) is 5.32 Å². The standard InChI is InChI=1S/C25H17BrN6O2/c26-18-11-17(14-28-15-18)24(33)30-19-5-1-6-20(12-19)32-23-21(7-3-9-29-23)31-22(25(32)34)10-16-4-2-8-27-13-16/h1-9,11-15H,10H2,(H,30,33). The van der Waals surface area contributed by atoms with Crippen LogP contribution in [0.15, 0.2) is 94.8 Å². The molecule has 0 aliphatic carbocycles. The lowest BCUT2D eigenvalue weighted by Gasteiger charge is -2.13. The van der Waals surface area contributed by atoms with Gasteiger partial charge in [-0.25, -0.2) is 9.97 Å². The van der Waals surface area contributed by atoms with E-state index in [1.807, 2.05) is 18.2 Å². The second-order valence-corrected chi connectivity index (χ2v) is 8.40. The van der Waals surface area contributed by atoms with E-state index < -0.39 is 0 Å². The predicted molar refractivity (Wildman–Crippen MR) is 132 cm³/mol. The fraction of sp³-hybridized carbons (Fsp3) is 0.0400. The van der Waals surface area contributed by atoms with E-state index in [0.29, 0.717) is 44.7 Å². The van der Waals surface area contributed by atoms with E-state index in [1.54, 1.807) is 61.2 Å². The number of carbonyl (C=O) groups is 1. The summed E-state index contributed by atoms with van der Waals surface area (Å²) in [5, 5.41) is 2.86. The molecule has 0 atom stereocenters. The number of aromatic nitrogens is 5. The van der Waals surface area contributed by atoms with Crippen LogP contribution in [0.25, 0.3) is 16.9 Å². The largest absolute Gasteiger partial charge is 0.322 e. The number of nitrogens with zero attached hydrogens (tertiary/aromatic N) is 5. The Hall–Kier alpha value is -4.24. The highest BCUT2D eigenvalue weighted by atomic mass is 79.9. The summed E-state index contributed by atoms with van der Waals surface area (Å²) in [7, 11) is 0. The molecule has 166 valence electrons. The van der Waals surface area contributed by atoms with Crippen LogP contribution < -0.4 is 10.9 Å². The molecule has 1 N–H and O–H groups in total. The lowest BCUT2D eigenvalue weighted by atomic mass is 10.1. The van der Waals surface area contributed by atoms with Crippen molar-refractivity contribution in [1.29, 1.82) is 0 Å². The summed E-state index contributed by atoms with van der Waals surface area (Å²) >= 11 is 3.32. The Kier molecular flexibility index (Phi) is 5.92. The molecule has 8 nitrogen and oxygen atoms in total. The summed E-state index contributed by atoms with van der Waals surface area (Å²) in [6, 6.07) is 16.0. The zero-order valence-corrected chi connectivity index (χ0v) is 19.3. The van der Waals surface area contributed by atoms with E-state index in [4.69, 9.17) is 0 Å². The fourth-order valence-electron chi connectivity index (χ4n) is 3.58. The molecule has 0 saturated carbocycles. The molecule has 0 aliphatic heterocycles. The molecule has 0 spiro atoms. The van der Waals surface area contributed by atoms with Gasteiger partial charge in [0.25, 0.3) is 11.5 Å². The topological polar surface area (TPSA) is 103 Å². The van der Waals surface area contributed by atoms with Gasteiger partial charge in [0.1, 0.15) is 11.2 Å². The van der Waals surface area contributed by atoms with Gasteiger partial charge >= 0.3 is 0 Å². The average molecular weight is 513 g/mol. The molecule has 4 heterocycles. The average Bonchev–Trinajstić information content (AvgIpc) is 2.85. The monoisotopic (exact) mass is 512 g/mol. The third kappa shape index (κ3) is 4.46. The SMILES string of the molecule is O=C(Nc1cccc(-n2c(=O)c(Cc3cccnc3)nc3cccnc32)c1)c1cncc(Br)c1. The number of hydrogen-bond acceptors (Lipinski definition) is 6. The number of pyridine rings is 3. The van der Waals surface area contributed by atoms with Gasteiger partial charge in [-0.15, -0.1) is 0 Å². The van der Waals surface area contributed by atoms with Gasteiger partial charge in [0.15, 0.2) is 5.65 Å². The number of benzene rings is 1. The Morgan fingerprint density at radius 3 is 2.68 bits per heavy atom. The zero-order chi connectivity index (χ0) is 23.5. The quantitative estimate of drug-likeness (QED) is 0.379. The summed E-state index contributed by atoms with van der Waals surface area (Å²) < 4.78 is 2.22. The van der Waals surface area contributed by atoms with Crippen LogP contribution in [0.2, 0.25) is 0 Å². The normalized spacial score (nSPS) is 10.9. The Morgan fingerprint density at radius 2 is 1.85 bits per heavy atom. The first-order valence-electron chi connectivity index (χ1n) is 10.4. The van der Waals surface area contributed by atoms with Gasteiger partial charge in [-0.05, 0) is 64.0 Å². The first-order chi connectivity index (χ1) is 16.6. The second-order valence-electron chi connectivity index (χ2n) is 7.48. The fourth-order valence-corrected chi connectivity index (χ4v) is 3.94. The van der Waals surface area contributed by atoms with Crippen molar-refractivity contribution in [3.8, 4) is 5.69 Å².